The summed E-state index contributed by atoms with van der Waals surface area (Å²) in [5.41, 5.74) is 5.86. The minimum atomic E-state index is -5.08. The summed E-state index contributed by atoms with van der Waals surface area (Å²) in [6.07, 6.45) is 4.25. The monoisotopic (exact) mass is 499 g/mol. The summed E-state index contributed by atoms with van der Waals surface area (Å²) in [6, 6.07) is 15.0. The average molecular weight is 500 g/mol. The van der Waals surface area contributed by atoms with Crippen molar-refractivity contribution < 1.29 is 28.2 Å². The van der Waals surface area contributed by atoms with Gasteiger partial charge in [0, 0.05) is 28.7 Å². The Hall–Kier alpha value is -3.33. The Bertz CT molecular complexity index is 1290. The summed E-state index contributed by atoms with van der Waals surface area (Å²) in [6.45, 7) is 1.10. The Morgan fingerprint density at radius 1 is 1.14 bits per heavy atom. The van der Waals surface area contributed by atoms with Gasteiger partial charge in [-0.1, -0.05) is 18.9 Å². The van der Waals surface area contributed by atoms with Crippen LogP contribution in [0.3, 0.4) is 0 Å². The van der Waals surface area contributed by atoms with Crippen molar-refractivity contribution in [2.75, 3.05) is 11.9 Å². The molecule has 3 aliphatic rings. The van der Waals surface area contributed by atoms with Gasteiger partial charge in [-0.2, -0.15) is 13.2 Å². The summed E-state index contributed by atoms with van der Waals surface area (Å²) in [4.78, 5) is 13.3. The number of fused-ring (bicyclic) bond motifs is 2. The van der Waals surface area contributed by atoms with E-state index in [0.717, 1.165) is 41.2 Å². The molecular formula is C27H28F3N3O3. The average Bonchev–Trinajstić information content (AvgIpc) is 2.85. The molecule has 9 heteroatoms. The molecule has 190 valence electrons. The lowest BCUT2D eigenvalue weighted by molar-refractivity contribution is -0.192. The van der Waals surface area contributed by atoms with Crippen LogP contribution < -0.4 is 10.6 Å². The third-order valence-corrected chi connectivity index (χ3v) is 7.88. The second-order valence-corrected chi connectivity index (χ2v) is 9.89. The number of alkyl halides is 3. The highest BCUT2D eigenvalue weighted by Crippen LogP contribution is 2.55. The lowest BCUT2D eigenvalue weighted by atomic mass is 9.53. The molecule has 4 N–H and O–H groups in total. The second-order valence-electron chi connectivity index (χ2n) is 9.89. The standard InChI is InChI=1S/C25H27N3O.C2HF3O2/c29-24-15-20-17(13-22-19-5-1-2-8-25(19,20)9-11-27-22)14-23(24)28-18-6-7-21-16(12-18)4-3-10-26-21;3-2(4,5)1(6)7/h3-4,6-7,10,12,14-15,19,22,27-29H,1-2,5,8-9,11,13H2;(H,6,7)/t19-,22+,25+;/m1./s1. The van der Waals surface area contributed by atoms with Gasteiger partial charge in [-0.05, 0) is 85.7 Å². The van der Waals surface area contributed by atoms with Crippen molar-refractivity contribution in [3.05, 3.63) is 59.8 Å². The van der Waals surface area contributed by atoms with Crippen molar-refractivity contribution in [1.29, 1.82) is 0 Å². The molecule has 3 atom stereocenters. The summed E-state index contributed by atoms with van der Waals surface area (Å²) in [5.74, 6) is -1.66. The summed E-state index contributed by atoms with van der Waals surface area (Å²) in [7, 11) is 0. The number of aromatic nitrogens is 1. The van der Waals surface area contributed by atoms with Crippen LogP contribution in [0.5, 0.6) is 5.75 Å². The highest BCUT2D eigenvalue weighted by Gasteiger charge is 2.51. The van der Waals surface area contributed by atoms with Crippen molar-refractivity contribution in [2.45, 2.75) is 56.2 Å². The van der Waals surface area contributed by atoms with Gasteiger partial charge in [0.15, 0.2) is 0 Å². The molecule has 1 saturated heterocycles. The zero-order chi connectivity index (χ0) is 25.5. The summed E-state index contributed by atoms with van der Waals surface area (Å²) in [5, 5.41) is 26.4. The van der Waals surface area contributed by atoms with E-state index in [-0.39, 0.29) is 5.41 Å². The molecule has 6 nitrogen and oxygen atoms in total. The molecule has 0 amide bonds. The third kappa shape index (κ3) is 4.48. The fraction of sp³-hybridized carbons (Fsp3) is 0.407. The predicted octanol–water partition coefficient (Wildman–Crippen LogP) is 5.66. The van der Waals surface area contributed by atoms with Gasteiger partial charge in [-0.3, -0.25) is 4.98 Å². The highest BCUT2D eigenvalue weighted by atomic mass is 19.4. The zero-order valence-electron chi connectivity index (χ0n) is 19.6. The van der Waals surface area contributed by atoms with Gasteiger partial charge in [0.05, 0.1) is 11.2 Å². The molecule has 2 aliphatic carbocycles. The first-order valence-electron chi connectivity index (χ1n) is 12.2. The number of hydrogen-bond acceptors (Lipinski definition) is 5. The minimum Gasteiger partial charge on any atom is -0.506 e. The smallest absolute Gasteiger partial charge is 0.490 e. The first kappa shape index (κ1) is 24.4. The number of carbonyl (C=O) groups is 1. The molecule has 1 aromatic heterocycles. The van der Waals surface area contributed by atoms with Crippen molar-refractivity contribution in [2.24, 2.45) is 5.92 Å². The van der Waals surface area contributed by atoms with Gasteiger partial charge >= 0.3 is 12.1 Å². The Balaban J connectivity index is 0.000000338. The zero-order valence-corrected chi connectivity index (χ0v) is 19.6. The van der Waals surface area contributed by atoms with Gasteiger partial charge in [0.25, 0.3) is 0 Å². The number of rotatable bonds is 2. The fourth-order valence-electron chi connectivity index (χ4n) is 6.38. The Morgan fingerprint density at radius 2 is 1.94 bits per heavy atom. The molecule has 36 heavy (non-hydrogen) atoms. The van der Waals surface area contributed by atoms with Crippen LogP contribution in [0.2, 0.25) is 0 Å². The topological polar surface area (TPSA) is 94.5 Å². The van der Waals surface area contributed by atoms with Crippen molar-refractivity contribution in [1.82, 2.24) is 10.3 Å². The number of phenolic OH excluding ortho intramolecular Hbond substituents is 1. The van der Waals surface area contributed by atoms with E-state index in [1.165, 1.54) is 43.2 Å². The lowest BCUT2D eigenvalue weighted by Gasteiger charge is -2.56. The largest absolute Gasteiger partial charge is 0.506 e. The molecule has 0 unspecified atom stereocenters. The number of nitrogens with one attached hydrogen (secondary N) is 2. The number of benzene rings is 2. The minimum absolute atomic E-state index is 0.270. The quantitative estimate of drug-likeness (QED) is 0.340. The molecule has 1 aliphatic heterocycles. The Kier molecular flexibility index (Phi) is 6.28. The number of hydrogen-bond donors (Lipinski definition) is 4. The Morgan fingerprint density at radius 3 is 2.72 bits per heavy atom. The number of aliphatic carboxylic acids is 1. The van der Waals surface area contributed by atoms with Crippen LogP contribution in [0, 0.1) is 5.92 Å². The van der Waals surface area contributed by atoms with Gasteiger partial charge in [0.1, 0.15) is 5.75 Å². The molecule has 0 spiro atoms. The molecular weight excluding hydrogens is 471 g/mol. The maximum absolute atomic E-state index is 10.9. The van der Waals surface area contributed by atoms with Crippen LogP contribution in [0.15, 0.2) is 48.7 Å². The van der Waals surface area contributed by atoms with Crippen molar-refractivity contribution in [3.63, 3.8) is 0 Å². The first-order chi connectivity index (χ1) is 17.2. The lowest BCUT2D eigenvalue weighted by Crippen LogP contribution is -2.59. The van der Waals surface area contributed by atoms with Gasteiger partial charge in [-0.15, -0.1) is 0 Å². The van der Waals surface area contributed by atoms with Gasteiger partial charge in [0.2, 0.25) is 0 Å². The van der Waals surface area contributed by atoms with Crippen LogP contribution >= 0.6 is 0 Å². The third-order valence-electron chi connectivity index (χ3n) is 7.88. The van der Waals surface area contributed by atoms with E-state index in [1.807, 2.05) is 24.4 Å². The van der Waals surface area contributed by atoms with Crippen LogP contribution in [-0.4, -0.2) is 39.9 Å². The number of halogens is 3. The predicted molar refractivity (Wildman–Crippen MR) is 131 cm³/mol. The van der Waals surface area contributed by atoms with Gasteiger partial charge in [-0.25, -0.2) is 4.79 Å². The maximum Gasteiger partial charge on any atom is 0.490 e. The van der Waals surface area contributed by atoms with E-state index in [1.54, 1.807) is 0 Å². The molecule has 0 radical (unpaired) electrons. The second kappa shape index (κ2) is 9.28. The van der Waals surface area contributed by atoms with E-state index in [9.17, 15) is 18.3 Å². The number of carboxylic acids is 1. The number of nitrogens with zero attached hydrogens (tertiary/aromatic N) is 1. The molecule has 2 bridgehead atoms. The van der Waals surface area contributed by atoms with E-state index < -0.39 is 12.1 Å². The van der Waals surface area contributed by atoms with Crippen molar-refractivity contribution in [3.8, 4) is 5.75 Å². The number of phenols is 1. The summed E-state index contributed by atoms with van der Waals surface area (Å²) < 4.78 is 31.7. The number of carboxylic acid groups (broad SMARTS) is 1. The van der Waals surface area contributed by atoms with E-state index >= 15 is 0 Å². The summed E-state index contributed by atoms with van der Waals surface area (Å²) >= 11 is 0. The van der Waals surface area contributed by atoms with Crippen LogP contribution in [-0.2, 0) is 16.6 Å². The maximum atomic E-state index is 10.9. The highest BCUT2D eigenvalue weighted by molar-refractivity contribution is 5.84. The molecule has 2 heterocycles. The van der Waals surface area contributed by atoms with Crippen LogP contribution in [0.1, 0.15) is 43.2 Å². The van der Waals surface area contributed by atoms with Gasteiger partial charge < -0.3 is 20.8 Å². The van der Waals surface area contributed by atoms with Crippen LogP contribution in [0.4, 0.5) is 24.5 Å². The van der Waals surface area contributed by atoms with Crippen molar-refractivity contribution >= 4 is 28.2 Å². The Labute approximate surface area is 206 Å². The number of anilines is 2. The van der Waals surface area contributed by atoms with Crippen LogP contribution in [0.25, 0.3) is 10.9 Å². The van der Waals surface area contributed by atoms with E-state index in [0.29, 0.717) is 11.8 Å². The first-order valence-corrected chi connectivity index (χ1v) is 12.2. The van der Waals surface area contributed by atoms with E-state index in [4.69, 9.17) is 9.90 Å². The molecule has 2 aromatic carbocycles. The molecule has 2 fully saturated rings. The number of aromatic hydroxyl groups is 1. The van der Waals surface area contributed by atoms with E-state index in [2.05, 4.69) is 39.9 Å². The fourth-order valence-corrected chi connectivity index (χ4v) is 6.38. The molecule has 1 saturated carbocycles. The number of piperidine rings is 1. The molecule has 3 aromatic rings. The molecule has 6 rings (SSSR count). The number of pyridine rings is 1. The normalized spacial score (nSPS) is 24.6. The SMILES string of the molecule is O=C(O)C(F)(F)F.Oc1cc2c(cc1Nc1ccc3ncccc3c1)C[C@@H]1NCC[C@]23CCCC[C@H]13.